The highest BCUT2D eigenvalue weighted by Crippen LogP contribution is 2.13. The van der Waals surface area contributed by atoms with Crippen molar-refractivity contribution < 1.29 is 0 Å². The summed E-state index contributed by atoms with van der Waals surface area (Å²) in [4.78, 5) is 4.69. The summed E-state index contributed by atoms with van der Waals surface area (Å²) in [5.74, 6) is 0.927. The molecule has 0 bridgehead atoms. The SMILES string of the molecule is C[Si](C)(C)c1cccc(Nc2ccccc2)n1. The molecular formula is C14H18N2Si. The molecule has 1 heterocycles. The highest BCUT2D eigenvalue weighted by molar-refractivity contribution is 6.88. The normalized spacial score (nSPS) is 11.2. The number of rotatable bonds is 3. The Morgan fingerprint density at radius 3 is 2.24 bits per heavy atom. The first-order valence-corrected chi connectivity index (χ1v) is 9.35. The van der Waals surface area contributed by atoms with Crippen LogP contribution < -0.4 is 10.6 Å². The van der Waals surface area contributed by atoms with Crippen LogP contribution in [0.2, 0.25) is 19.6 Å². The van der Waals surface area contributed by atoms with Crippen LogP contribution in [0.5, 0.6) is 0 Å². The second-order valence-electron chi connectivity index (χ2n) is 5.15. The van der Waals surface area contributed by atoms with Gasteiger partial charge in [0.2, 0.25) is 0 Å². The van der Waals surface area contributed by atoms with Gasteiger partial charge in [-0.2, -0.15) is 0 Å². The summed E-state index contributed by atoms with van der Waals surface area (Å²) < 4.78 is 0. The van der Waals surface area contributed by atoms with Crippen molar-refractivity contribution in [1.29, 1.82) is 0 Å². The summed E-state index contributed by atoms with van der Waals surface area (Å²) in [5, 5.41) is 4.56. The Kier molecular flexibility index (Phi) is 3.29. The molecule has 0 fully saturated rings. The molecule has 3 heteroatoms. The van der Waals surface area contributed by atoms with Crippen molar-refractivity contribution in [3.05, 3.63) is 48.5 Å². The summed E-state index contributed by atoms with van der Waals surface area (Å²) in [7, 11) is -1.33. The van der Waals surface area contributed by atoms with Gasteiger partial charge in [0, 0.05) is 11.0 Å². The molecular weight excluding hydrogens is 224 g/mol. The minimum Gasteiger partial charge on any atom is -0.340 e. The maximum atomic E-state index is 4.69. The van der Waals surface area contributed by atoms with Gasteiger partial charge < -0.3 is 5.32 Å². The topological polar surface area (TPSA) is 24.9 Å². The second kappa shape index (κ2) is 4.71. The van der Waals surface area contributed by atoms with E-state index in [-0.39, 0.29) is 0 Å². The molecule has 0 spiro atoms. The van der Waals surface area contributed by atoms with Gasteiger partial charge in [0.25, 0.3) is 0 Å². The van der Waals surface area contributed by atoms with Crippen LogP contribution in [0, 0.1) is 0 Å². The van der Waals surface area contributed by atoms with Gasteiger partial charge in [-0.05, 0) is 24.3 Å². The van der Waals surface area contributed by atoms with Gasteiger partial charge in [0.05, 0.1) is 0 Å². The third kappa shape index (κ3) is 3.17. The third-order valence-electron chi connectivity index (χ3n) is 2.56. The van der Waals surface area contributed by atoms with E-state index in [2.05, 4.69) is 42.1 Å². The summed E-state index contributed by atoms with van der Waals surface area (Å²) in [6.07, 6.45) is 0. The number of aromatic nitrogens is 1. The van der Waals surface area contributed by atoms with Crippen molar-refractivity contribution in [3.8, 4) is 0 Å². The van der Waals surface area contributed by atoms with Crippen molar-refractivity contribution in [2.45, 2.75) is 19.6 Å². The molecule has 0 radical (unpaired) electrons. The van der Waals surface area contributed by atoms with Crippen LogP contribution in [0.4, 0.5) is 11.5 Å². The smallest absolute Gasteiger partial charge is 0.130 e. The molecule has 2 rings (SSSR count). The Balaban J connectivity index is 2.23. The first-order valence-electron chi connectivity index (χ1n) is 5.85. The van der Waals surface area contributed by atoms with Crippen LogP contribution in [0.3, 0.4) is 0 Å². The number of benzene rings is 1. The van der Waals surface area contributed by atoms with E-state index in [1.165, 1.54) is 5.32 Å². The molecule has 0 aliphatic heterocycles. The lowest BCUT2D eigenvalue weighted by Gasteiger charge is -2.16. The lowest BCUT2D eigenvalue weighted by Crippen LogP contribution is -2.39. The van der Waals surface area contributed by atoms with Gasteiger partial charge in [-0.25, -0.2) is 4.98 Å². The van der Waals surface area contributed by atoms with Crippen LogP contribution in [-0.2, 0) is 0 Å². The maximum Gasteiger partial charge on any atom is 0.130 e. The fourth-order valence-corrected chi connectivity index (χ4v) is 2.64. The molecule has 1 aromatic carbocycles. The monoisotopic (exact) mass is 242 g/mol. The van der Waals surface area contributed by atoms with Crippen LogP contribution in [-0.4, -0.2) is 13.1 Å². The van der Waals surface area contributed by atoms with E-state index in [0.717, 1.165) is 11.5 Å². The average molecular weight is 242 g/mol. The van der Waals surface area contributed by atoms with Crippen LogP contribution >= 0.6 is 0 Å². The number of pyridine rings is 1. The molecule has 0 aliphatic carbocycles. The summed E-state index contributed by atoms with van der Waals surface area (Å²) in [6.45, 7) is 6.92. The Morgan fingerprint density at radius 1 is 0.882 bits per heavy atom. The molecule has 2 nitrogen and oxygen atoms in total. The Bertz CT molecular complexity index is 489. The molecule has 0 saturated carbocycles. The van der Waals surface area contributed by atoms with Crippen molar-refractivity contribution in [3.63, 3.8) is 0 Å². The number of nitrogens with zero attached hydrogens (tertiary/aromatic N) is 1. The van der Waals surface area contributed by atoms with Gasteiger partial charge in [-0.15, -0.1) is 0 Å². The molecule has 88 valence electrons. The van der Waals surface area contributed by atoms with E-state index in [0.29, 0.717) is 0 Å². The molecule has 0 amide bonds. The highest BCUT2D eigenvalue weighted by atomic mass is 28.3. The number of hydrogen-bond acceptors (Lipinski definition) is 2. The van der Waals surface area contributed by atoms with Crippen molar-refractivity contribution in [2.75, 3.05) is 5.32 Å². The number of hydrogen-bond donors (Lipinski definition) is 1. The largest absolute Gasteiger partial charge is 0.340 e. The highest BCUT2D eigenvalue weighted by Gasteiger charge is 2.18. The number of anilines is 2. The van der Waals surface area contributed by atoms with E-state index >= 15 is 0 Å². The first-order chi connectivity index (χ1) is 8.05. The maximum absolute atomic E-state index is 4.69. The van der Waals surface area contributed by atoms with Gasteiger partial charge in [0.15, 0.2) is 0 Å². The van der Waals surface area contributed by atoms with Crippen LogP contribution in [0.1, 0.15) is 0 Å². The third-order valence-corrected chi connectivity index (χ3v) is 4.38. The first kappa shape index (κ1) is 11.9. The van der Waals surface area contributed by atoms with E-state index in [1.807, 2.05) is 36.4 Å². The van der Waals surface area contributed by atoms with Crippen molar-refractivity contribution in [2.24, 2.45) is 0 Å². The summed E-state index contributed by atoms with van der Waals surface area (Å²) in [6, 6.07) is 16.4. The van der Waals surface area contributed by atoms with Crippen LogP contribution in [0.15, 0.2) is 48.5 Å². The van der Waals surface area contributed by atoms with Crippen LogP contribution in [0.25, 0.3) is 0 Å². The average Bonchev–Trinajstić information content (AvgIpc) is 2.29. The molecule has 2 aromatic rings. The lowest BCUT2D eigenvalue weighted by molar-refractivity contribution is 1.33. The van der Waals surface area contributed by atoms with E-state index in [9.17, 15) is 0 Å². The van der Waals surface area contributed by atoms with Gasteiger partial charge in [-0.1, -0.05) is 43.9 Å². The Hall–Kier alpha value is -1.61. The molecule has 1 N–H and O–H groups in total. The van der Waals surface area contributed by atoms with Crippen molar-refractivity contribution in [1.82, 2.24) is 4.98 Å². The van der Waals surface area contributed by atoms with Gasteiger partial charge >= 0.3 is 0 Å². The standard InChI is InChI=1S/C14H18N2Si/c1-17(2,3)14-11-7-10-13(16-14)15-12-8-5-4-6-9-12/h4-11H,1-3H3,(H,15,16). The zero-order valence-electron chi connectivity index (χ0n) is 10.6. The molecule has 0 aliphatic rings. The fraction of sp³-hybridized carbons (Fsp3) is 0.214. The molecule has 0 saturated heterocycles. The molecule has 0 atom stereocenters. The lowest BCUT2D eigenvalue weighted by atomic mass is 10.3. The minimum absolute atomic E-state index is 0.927. The van der Waals surface area contributed by atoms with E-state index in [4.69, 9.17) is 0 Å². The summed E-state index contributed by atoms with van der Waals surface area (Å²) in [5.41, 5.74) is 1.08. The zero-order chi connectivity index (χ0) is 12.3. The number of nitrogens with one attached hydrogen (secondary N) is 1. The van der Waals surface area contributed by atoms with E-state index < -0.39 is 8.07 Å². The molecule has 1 aromatic heterocycles. The second-order valence-corrected chi connectivity index (χ2v) is 10.2. The van der Waals surface area contributed by atoms with Gasteiger partial charge in [0.1, 0.15) is 13.9 Å². The molecule has 17 heavy (non-hydrogen) atoms. The summed E-state index contributed by atoms with van der Waals surface area (Å²) >= 11 is 0. The Labute approximate surface area is 104 Å². The Morgan fingerprint density at radius 2 is 1.59 bits per heavy atom. The van der Waals surface area contributed by atoms with Crippen molar-refractivity contribution >= 4 is 24.9 Å². The van der Waals surface area contributed by atoms with Gasteiger partial charge in [-0.3, -0.25) is 0 Å². The quantitative estimate of drug-likeness (QED) is 0.835. The predicted molar refractivity (Wildman–Crippen MR) is 76.9 cm³/mol. The zero-order valence-corrected chi connectivity index (χ0v) is 11.6. The predicted octanol–water partition coefficient (Wildman–Crippen LogP) is 3.37. The fourth-order valence-electron chi connectivity index (χ4n) is 1.59. The molecule has 0 unspecified atom stereocenters. The minimum atomic E-state index is -1.33. The number of para-hydroxylation sites is 1. The van der Waals surface area contributed by atoms with E-state index in [1.54, 1.807) is 0 Å².